The summed E-state index contributed by atoms with van der Waals surface area (Å²) in [6.07, 6.45) is 1.92. The van der Waals surface area contributed by atoms with E-state index in [2.05, 4.69) is 17.2 Å². The van der Waals surface area contributed by atoms with Crippen molar-refractivity contribution in [3.05, 3.63) is 65.2 Å². The molecule has 0 bridgehead atoms. The summed E-state index contributed by atoms with van der Waals surface area (Å²) in [6, 6.07) is 14.2. The zero-order valence-corrected chi connectivity index (χ0v) is 11.2. The number of rotatable bonds is 4. The quantitative estimate of drug-likeness (QED) is 0.791. The van der Waals surface area contributed by atoms with Crippen LogP contribution < -0.4 is 0 Å². The molecule has 1 N–H and O–H groups in total. The Morgan fingerprint density at radius 3 is 2.63 bits per heavy atom. The maximum absolute atomic E-state index is 9.45. The topological polar surface area (TPSA) is 38.0 Å². The fraction of sp³-hybridized carbons (Fsp3) is 0.133. The number of nitrogens with zero attached hydrogens (tertiary/aromatic N) is 2. The third-order valence-electron chi connectivity index (χ3n) is 2.95. The van der Waals surface area contributed by atoms with Crippen LogP contribution in [0.3, 0.4) is 0 Å². The van der Waals surface area contributed by atoms with Gasteiger partial charge in [0.15, 0.2) is 0 Å². The van der Waals surface area contributed by atoms with Gasteiger partial charge in [0.1, 0.15) is 5.69 Å². The van der Waals surface area contributed by atoms with Crippen molar-refractivity contribution in [3.63, 3.8) is 0 Å². The first-order valence-corrected chi connectivity index (χ1v) is 7.00. The van der Waals surface area contributed by atoms with Gasteiger partial charge in [0.25, 0.3) is 0 Å². The Morgan fingerprint density at radius 1 is 1.11 bits per heavy atom. The van der Waals surface area contributed by atoms with E-state index in [-0.39, 0.29) is 6.61 Å². The number of hydrogen-bond donors (Lipinski definition) is 1. The van der Waals surface area contributed by atoms with Crippen LogP contribution in [0.4, 0.5) is 0 Å². The Kier molecular flexibility index (Phi) is 3.44. The van der Waals surface area contributed by atoms with Crippen molar-refractivity contribution in [2.75, 3.05) is 0 Å². The summed E-state index contributed by atoms with van der Waals surface area (Å²) in [7, 11) is 0. The Bertz CT molecular complexity index is 644. The number of aliphatic hydroxyl groups is 1. The second kappa shape index (κ2) is 5.38. The highest BCUT2D eigenvalue weighted by Crippen LogP contribution is 2.26. The zero-order valence-electron chi connectivity index (χ0n) is 10.4. The van der Waals surface area contributed by atoms with E-state index in [0.717, 1.165) is 22.7 Å². The third-order valence-corrected chi connectivity index (χ3v) is 3.83. The molecule has 0 amide bonds. The molecule has 0 aliphatic heterocycles. The number of hydrogen-bond acceptors (Lipinski definition) is 3. The summed E-state index contributed by atoms with van der Waals surface area (Å²) in [5.41, 5.74) is 2.96. The highest BCUT2D eigenvalue weighted by Gasteiger charge is 2.11. The Balaban J connectivity index is 1.92. The van der Waals surface area contributed by atoms with E-state index >= 15 is 0 Å². The molecular formula is C15H14N2OS. The molecule has 3 nitrogen and oxygen atoms in total. The molecule has 0 atom stereocenters. The summed E-state index contributed by atoms with van der Waals surface area (Å²) >= 11 is 1.64. The molecule has 3 aromatic rings. The van der Waals surface area contributed by atoms with Crippen LogP contribution in [-0.4, -0.2) is 14.9 Å². The summed E-state index contributed by atoms with van der Waals surface area (Å²) < 4.78 is 1.88. The summed E-state index contributed by atoms with van der Waals surface area (Å²) in [5.74, 6) is 0. The second-order valence-corrected chi connectivity index (χ2v) is 5.27. The molecule has 0 unspecified atom stereocenters. The Labute approximate surface area is 115 Å². The maximum Gasteiger partial charge on any atom is 0.108 e. The van der Waals surface area contributed by atoms with E-state index in [0.29, 0.717) is 0 Å². The molecular weight excluding hydrogens is 256 g/mol. The van der Waals surface area contributed by atoms with Crippen molar-refractivity contribution in [2.24, 2.45) is 0 Å². The fourth-order valence-corrected chi connectivity index (χ4v) is 2.80. The summed E-state index contributed by atoms with van der Waals surface area (Å²) in [4.78, 5) is 1.09. The summed E-state index contributed by atoms with van der Waals surface area (Å²) in [6.45, 7) is 0.737. The Hall–Kier alpha value is -1.91. The van der Waals surface area contributed by atoms with Gasteiger partial charge in [-0.25, -0.2) is 0 Å². The van der Waals surface area contributed by atoms with Gasteiger partial charge < -0.3 is 5.11 Å². The molecule has 0 radical (unpaired) electrons. The monoisotopic (exact) mass is 270 g/mol. The van der Waals surface area contributed by atoms with Crippen LogP contribution in [0.1, 0.15) is 11.1 Å². The van der Waals surface area contributed by atoms with Crippen LogP contribution in [0, 0.1) is 0 Å². The molecule has 3 rings (SSSR count). The largest absolute Gasteiger partial charge is 0.392 e. The van der Waals surface area contributed by atoms with E-state index in [9.17, 15) is 5.11 Å². The smallest absolute Gasteiger partial charge is 0.108 e. The van der Waals surface area contributed by atoms with Gasteiger partial charge in [-0.15, -0.1) is 11.3 Å². The summed E-state index contributed by atoms with van der Waals surface area (Å²) in [5, 5.41) is 16.1. The zero-order chi connectivity index (χ0) is 13.1. The van der Waals surface area contributed by atoms with Gasteiger partial charge in [0.2, 0.25) is 0 Å². The number of benzene rings is 1. The number of aliphatic hydroxyl groups excluding tert-OH is 1. The minimum atomic E-state index is 0.0159. The predicted octanol–water partition coefficient (Wildman–Crippen LogP) is 3.15. The molecule has 0 saturated heterocycles. The first-order valence-electron chi connectivity index (χ1n) is 6.12. The third kappa shape index (κ3) is 2.59. The normalized spacial score (nSPS) is 10.8. The molecule has 0 aliphatic rings. The standard InChI is InChI=1S/C15H14N2OS/c18-11-13-10-17(9-12-5-2-1-3-6-12)16-15(13)14-7-4-8-19-14/h1-8,10,18H,9,11H2. The molecule has 0 saturated carbocycles. The highest BCUT2D eigenvalue weighted by atomic mass is 32.1. The molecule has 4 heteroatoms. The lowest BCUT2D eigenvalue weighted by Crippen LogP contribution is -1.99. The second-order valence-electron chi connectivity index (χ2n) is 4.32. The van der Waals surface area contributed by atoms with Gasteiger partial charge >= 0.3 is 0 Å². The highest BCUT2D eigenvalue weighted by molar-refractivity contribution is 7.13. The SMILES string of the molecule is OCc1cn(Cc2ccccc2)nc1-c1cccs1. The van der Waals surface area contributed by atoms with Crippen LogP contribution in [-0.2, 0) is 13.2 Å². The molecule has 0 fully saturated rings. The molecule has 2 aromatic heterocycles. The van der Waals surface area contributed by atoms with E-state index < -0.39 is 0 Å². The van der Waals surface area contributed by atoms with Crippen molar-refractivity contribution < 1.29 is 5.11 Å². The van der Waals surface area contributed by atoms with Gasteiger partial charge in [0, 0.05) is 11.8 Å². The molecule has 2 heterocycles. The molecule has 96 valence electrons. The Morgan fingerprint density at radius 2 is 1.95 bits per heavy atom. The minimum absolute atomic E-state index is 0.0159. The van der Waals surface area contributed by atoms with Crippen LogP contribution in [0.5, 0.6) is 0 Å². The van der Waals surface area contributed by atoms with Gasteiger partial charge in [-0.05, 0) is 17.0 Å². The number of aromatic nitrogens is 2. The van der Waals surface area contributed by atoms with Gasteiger partial charge in [-0.2, -0.15) is 5.10 Å². The van der Waals surface area contributed by atoms with Crippen molar-refractivity contribution in [1.82, 2.24) is 9.78 Å². The van der Waals surface area contributed by atoms with E-state index in [4.69, 9.17) is 0 Å². The van der Waals surface area contributed by atoms with Crippen LogP contribution in [0.15, 0.2) is 54.0 Å². The van der Waals surface area contributed by atoms with E-state index in [1.165, 1.54) is 5.56 Å². The van der Waals surface area contributed by atoms with Crippen LogP contribution in [0.2, 0.25) is 0 Å². The predicted molar refractivity (Wildman–Crippen MR) is 77.0 cm³/mol. The van der Waals surface area contributed by atoms with Crippen LogP contribution >= 0.6 is 11.3 Å². The van der Waals surface area contributed by atoms with Gasteiger partial charge in [-0.1, -0.05) is 36.4 Å². The van der Waals surface area contributed by atoms with Gasteiger partial charge in [0.05, 0.1) is 18.0 Å². The molecule has 0 spiro atoms. The molecule has 0 aliphatic carbocycles. The van der Waals surface area contributed by atoms with Gasteiger partial charge in [-0.3, -0.25) is 4.68 Å². The minimum Gasteiger partial charge on any atom is -0.392 e. The van der Waals surface area contributed by atoms with Crippen molar-refractivity contribution in [1.29, 1.82) is 0 Å². The van der Waals surface area contributed by atoms with Crippen molar-refractivity contribution >= 4 is 11.3 Å². The van der Waals surface area contributed by atoms with E-state index in [1.807, 2.05) is 46.6 Å². The maximum atomic E-state index is 9.45. The average Bonchev–Trinajstić information content (AvgIpc) is 3.08. The molecule has 1 aromatic carbocycles. The lowest BCUT2D eigenvalue weighted by molar-refractivity contribution is 0.282. The van der Waals surface area contributed by atoms with Crippen molar-refractivity contribution in [3.8, 4) is 10.6 Å². The first-order chi connectivity index (χ1) is 9.36. The van der Waals surface area contributed by atoms with Crippen molar-refractivity contribution in [2.45, 2.75) is 13.2 Å². The van der Waals surface area contributed by atoms with E-state index in [1.54, 1.807) is 11.3 Å². The fourth-order valence-electron chi connectivity index (χ4n) is 2.05. The lowest BCUT2D eigenvalue weighted by atomic mass is 10.2. The average molecular weight is 270 g/mol. The molecule has 19 heavy (non-hydrogen) atoms. The lowest BCUT2D eigenvalue weighted by Gasteiger charge is -2.00. The van der Waals surface area contributed by atoms with Crippen LogP contribution in [0.25, 0.3) is 10.6 Å². The number of thiophene rings is 1. The first kappa shape index (κ1) is 12.1.